The van der Waals surface area contributed by atoms with Crippen LogP contribution in [0, 0.1) is 12.0 Å². The molecule has 5 nitrogen and oxygen atoms in total. The molecular weight excluding hydrogens is 343 g/mol. The molecule has 27 heavy (non-hydrogen) atoms. The van der Waals surface area contributed by atoms with Crippen LogP contribution < -0.4 is 5.73 Å². The number of halogens is 1. The Morgan fingerprint density at radius 2 is 1.96 bits per heavy atom. The van der Waals surface area contributed by atoms with Gasteiger partial charge in [0.15, 0.2) is 11.5 Å². The lowest BCUT2D eigenvalue weighted by Crippen LogP contribution is -2.41. The van der Waals surface area contributed by atoms with E-state index in [4.69, 9.17) is 5.73 Å². The predicted octanol–water partition coefficient (Wildman–Crippen LogP) is 2.72. The van der Waals surface area contributed by atoms with Gasteiger partial charge in [0.1, 0.15) is 0 Å². The van der Waals surface area contributed by atoms with Crippen molar-refractivity contribution in [2.24, 2.45) is 10.7 Å². The first-order chi connectivity index (χ1) is 13.0. The molecule has 1 radical (unpaired) electrons. The molecule has 2 heterocycles. The van der Waals surface area contributed by atoms with Crippen molar-refractivity contribution in [3.8, 4) is 11.1 Å². The summed E-state index contributed by atoms with van der Waals surface area (Å²) in [5, 5.41) is 0. The standard InChI is InChI=1S/C21H16FN4O/c1-26-19(27)21(25-20(26)23,15-8-3-2-4-9-15)16-10-5-7-14(13-16)17-11-6-12-24-18(17)22/h2-3,5-13H,1H3,(H2,23,25). The summed E-state index contributed by atoms with van der Waals surface area (Å²) in [4.78, 5) is 22.7. The van der Waals surface area contributed by atoms with Crippen molar-refractivity contribution >= 4 is 11.9 Å². The van der Waals surface area contributed by atoms with E-state index in [0.717, 1.165) is 0 Å². The van der Waals surface area contributed by atoms with Crippen LogP contribution in [0.3, 0.4) is 0 Å². The number of hydrogen-bond donors (Lipinski definition) is 1. The molecule has 1 amide bonds. The number of aliphatic imine (C=N–C) groups is 1. The summed E-state index contributed by atoms with van der Waals surface area (Å²) in [6.45, 7) is 0. The number of pyridine rings is 1. The maximum Gasteiger partial charge on any atom is 0.266 e. The molecule has 6 heteroatoms. The number of aromatic nitrogens is 1. The summed E-state index contributed by atoms with van der Waals surface area (Å²) in [5.74, 6) is -0.722. The van der Waals surface area contributed by atoms with Gasteiger partial charge < -0.3 is 5.73 Å². The van der Waals surface area contributed by atoms with Crippen LogP contribution in [-0.2, 0) is 10.3 Å². The largest absolute Gasteiger partial charge is 0.369 e. The van der Waals surface area contributed by atoms with Crippen molar-refractivity contribution in [1.29, 1.82) is 0 Å². The summed E-state index contributed by atoms with van der Waals surface area (Å²) in [7, 11) is 1.58. The van der Waals surface area contributed by atoms with Gasteiger partial charge in [0.2, 0.25) is 5.95 Å². The van der Waals surface area contributed by atoms with Crippen molar-refractivity contribution in [3.05, 3.63) is 90.0 Å². The van der Waals surface area contributed by atoms with Gasteiger partial charge in [-0.1, -0.05) is 36.4 Å². The first-order valence-electron chi connectivity index (χ1n) is 8.35. The number of carbonyl (C=O) groups is 1. The van der Waals surface area contributed by atoms with Gasteiger partial charge in [0.05, 0.1) is 0 Å². The van der Waals surface area contributed by atoms with E-state index in [2.05, 4.69) is 16.0 Å². The van der Waals surface area contributed by atoms with Gasteiger partial charge in [-0.25, -0.2) is 9.98 Å². The third-order valence-corrected chi connectivity index (χ3v) is 4.72. The lowest BCUT2D eigenvalue weighted by Gasteiger charge is -2.26. The molecule has 0 fully saturated rings. The second-order valence-corrected chi connectivity index (χ2v) is 6.26. The monoisotopic (exact) mass is 359 g/mol. The molecule has 133 valence electrons. The Balaban J connectivity index is 1.95. The highest BCUT2D eigenvalue weighted by molar-refractivity contribution is 6.09. The van der Waals surface area contributed by atoms with E-state index in [1.165, 1.54) is 11.1 Å². The van der Waals surface area contributed by atoms with Crippen LogP contribution in [0.25, 0.3) is 11.1 Å². The number of carbonyl (C=O) groups excluding carboxylic acids is 1. The van der Waals surface area contributed by atoms with E-state index in [1.807, 2.05) is 6.07 Å². The molecule has 1 aliphatic rings. The van der Waals surface area contributed by atoms with Gasteiger partial charge in [-0.3, -0.25) is 9.69 Å². The quantitative estimate of drug-likeness (QED) is 0.731. The van der Waals surface area contributed by atoms with E-state index in [0.29, 0.717) is 22.3 Å². The maximum atomic E-state index is 14.2. The minimum absolute atomic E-state index is 0.127. The second kappa shape index (κ2) is 6.32. The van der Waals surface area contributed by atoms with E-state index < -0.39 is 11.5 Å². The summed E-state index contributed by atoms with van der Waals surface area (Å²) in [6.07, 6.45) is 1.39. The fourth-order valence-corrected chi connectivity index (χ4v) is 3.32. The Bertz CT molecular complexity index is 1050. The highest BCUT2D eigenvalue weighted by Gasteiger charge is 2.49. The lowest BCUT2D eigenvalue weighted by molar-refractivity contribution is -0.129. The molecule has 0 spiro atoms. The fraction of sp³-hybridized carbons (Fsp3) is 0.0952. The van der Waals surface area contributed by atoms with Crippen molar-refractivity contribution in [2.45, 2.75) is 5.54 Å². The Hall–Kier alpha value is -3.54. The smallest absolute Gasteiger partial charge is 0.266 e. The lowest BCUT2D eigenvalue weighted by atomic mass is 9.82. The number of amides is 1. The van der Waals surface area contributed by atoms with Crippen LogP contribution in [0.15, 0.2) is 71.9 Å². The Kier molecular flexibility index (Phi) is 3.96. The maximum absolute atomic E-state index is 14.2. The molecule has 1 aliphatic heterocycles. The zero-order chi connectivity index (χ0) is 19.0. The predicted molar refractivity (Wildman–Crippen MR) is 100 cm³/mol. The van der Waals surface area contributed by atoms with Gasteiger partial charge in [-0.15, -0.1) is 0 Å². The average molecular weight is 359 g/mol. The number of hydrogen-bond acceptors (Lipinski definition) is 4. The normalized spacial score (nSPS) is 19.3. The van der Waals surface area contributed by atoms with Crippen molar-refractivity contribution in [1.82, 2.24) is 9.88 Å². The van der Waals surface area contributed by atoms with Gasteiger partial charge >= 0.3 is 0 Å². The highest BCUT2D eigenvalue weighted by atomic mass is 19.1. The van der Waals surface area contributed by atoms with E-state index in [9.17, 15) is 9.18 Å². The van der Waals surface area contributed by atoms with Crippen LogP contribution in [0.1, 0.15) is 11.1 Å². The fourth-order valence-electron chi connectivity index (χ4n) is 3.32. The number of rotatable bonds is 3. The Morgan fingerprint density at radius 3 is 2.63 bits per heavy atom. The van der Waals surface area contributed by atoms with Crippen molar-refractivity contribution in [2.75, 3.05) is 7.05 Å². The zero-order valence-corrected chi connectivity index (χ0v) is 14.6. The van der Waals surface area contributed by atoms with Crippen molar-refractivity contribution < 1.29 is 9.18 Å². The molecule has 0 saturated heterocycles. The summed E-state index contributed by atoms with van der Waals surface area (Å²) < 4.78 is 14.2. The van der Waals surface area contributed by atoms with Crippen LogP contribution in [0.5, 0.6) is 0 Å². The number of likely N-dealkylation sites (N-methyl/N-ethyl adjacent to an activating group) is 1. The van der Waals surface area contributed by atoms with Gasteiger partial charge in [-0.2, -0.15) is 4.39 Å². The molecule has 0 bridgehead atoms. The zero-order valence-electron chi connectivity index (χ0n) is 14.6. The molecule has 0 saturated carbocycles. The van der Waals surface area contributed by atoms with E-state index in [1.54, 1.807) is 61.6 Å². The van der Waals surface area contributed by atoms with Crippen molar-refractivity contribution in [3.63, 3.8) is 0 Å². The minimum Gasteiger partial charge on any atom is -0.369 e. The number of nitrogens with zero attached hydrogens (tertiary/aromatic N) is 3. The third kappa shape index (κ3) is 2.57. The number of guanidine groups is 1. The van der Waals surface area contributed by atoms with Gasteiger partial charge in [0.25, 0.3) is 5.91 Å². The molecule has 1 atom stereocenters. The van der Waals surface area contributed by atoms with E-state index in [-0.39, 0.29) is 11.9 Å². The van der Waals surface area contributed by atoms with Gasteiger partial charge in [0, 0.05) is 18.8 Å². The van der Waals surface area contributed by atoms with Crippen LogP contribution in [0.4, 0.5) is 4.39 Å². The first-order valence-corrected chi connectivity index (χ1v) is 8.35. The summed E-state index contributed by atoms with van der Waals surface area (Å²) in [5.41, 5.74) is 6.84. The third-order valence-electron chi connectivity index (χ3n) is 4.72. The molecule has 1 unspecified atom stereocenters. The molecular formula is C21H16FN4O. The number of benzene rings is 2. The van der Waals surface area contributed by atoms with E-state index >= 15 is 0 Å². The molecule has 2 N–H and O–H groups in total. The first kappa shape index (κ1) is 16.9. The molecule has 4 rings (SSSR count). The topological polar surface area (TPSA) is 71.6 Å². The molecule has 1 aromatic heterocycles. The van der Waals surface area contributed by atoms with Gasteiger partial charge in [-0.05, 0) is 47.0 Å². The molecule has 0 aliphatic carbocycles. The SMILES string of the molecule is CN1C(=O)C(c2c[c]ccc2)(c2cccc(-c3cccnc3F)c2)N=C1N. The summed E-state index contributed by atoms with van der Waals surface area (Å²) >= 11 is 0. The minimum atomic E-state index is -1.33. The molecule has 3 aromatic rings. The highest BCUT2D eigenvalue weighted by Crippen LogP contribution is 2.40. The Labute approximate surface area is 156 Å². The van der Waals surface area contributed by atoms with Crippen LogP contribution in [-0.4, -0.2) is 28.8 Å². The second-order valence-electron chi connectivity index (χ2n) is 6.26. The summed E-state index contributed by atoms with van der Waals surface area (Å²) in [6, 6.07) is 20.4. The van der Waals surface area contributed by atoms with Crippen LogP contribution in [0.2, 0.25) is 0 Å². The average Bonchev–Trinajstić information content (AvgIpc) is 2.94. The molecule has 2 aromatic carbocycles. The van der Waals surface area contributed by atoms with Crippen LogP contribution >= 0.6 is 0 Å². The Morgan fingerprint density at radius 1 is 1.15 bits per heavy atom. The number of nitrogens with two attached hydrogens (primary N) is 1.